The minimum Gasteiger partial charge on any atom is -0.466 e. The Labute approximate surface area is 197 Å². The van der Waals surface area contributed by atoms with Crippen LogP contribution in [-0.4, -0.2) is 42.4 Å². The maximum Gasteiger partial charge on any atom is 0.341 e. The average Bonchev–Trinajstić information content (AvgIpc) is 3.51. The van der Waals surface area contributed by atoms with Gasteiger partial charge in [-0.2, -0.15) is 0 Å². The van der Waals surface area contributed by atoms with E-state index in [0.717, 1.165) is 16.2 Å². The van der Waals surface area contributed by atoms with Gasteiger partial charge in [-0.05, 0) is 25.1 Å². The maximum absolute atomic E-state index is 12.9. The van der Waals surface area contributed by atoms with Gasteiger partial charge in [-0.1, -0.05) is 29.8 Å². The van der Waals surface area contributed by atoms with E-state index in [1.54, 1.807) is 41.8 Å². The van der Waals surface area contributed by atoms with E-state index in [1.165, 1.54) is 20.3 Å². The number of thiophene rings is 1. The van der Waals surface area contributed by atoms with Crippen molar-refractivity contribution in [2.24, 2.45) is 0 Å². The van der Waals surface area contributed by atoms with Crippen LogP contribution in [0.5, 0.6) is 0 Å². The third-order valence-electron chi connectivity index (χ3n) is 5.19. The number of nitrogens with one attached hydrogen (secondary N) is 2. The first kappa shape index (κ1) is 22.6. The monoisotopic (exact) mass is 487 g/mol. The van der Waals surface area contributed by atoms with Crippen molar-refractivity contribution in [3.05, 3.63) is 64.4 Å². The number of hydrogen-bond donors (Lipinski definition) is 2. The van der Waals surface area contributed by atoms with Crippen LogP contribution >= 0.6 is 22.9 Å². The van der Waals surface area contributed by atoms with Crippen LogP contribution in [0.2, 0.25) is 5.02 Å². The summed E-state index contributed by atoms with van der Waals surface area (Å²) in [5, 5.41) is 7.46. The van der Waals surface area contributed by atoms with Crippen LogP contribution < -0.4 is 10.6 Å². The number of amides is 4. The van der Waals surface area contributed by atoms with E-state index in [2.05, 4.69) is 10.6 Å². The molecule has 1 atom stereocenters. The third kappa shape index (κ3) is 3.98. The fraction of sp³-hybridized carbons (Fsp3) is 0.182. The van der Waals surface area contributed by atoms with Crippen molar-refractivity contribution < 1.29 is 28.3 Å². The lowest BCUT2D eigenvalue weighted by atomic mass is 9.99. The molecule has 9 nitrogen and oxygen atoms in total. The number of nitrogens with zero attached hydrogens (tertiary/aromatic N) is 1. The normalized spacial score (nSPS) is 17.7. The number of benzene rings is 1. The second-order valence-electron chi connectivity index (χ2n) is 7.30. The molecule has 1 saturated heterocycles. The van der Waals surface area contributed by atoms with Crippen LogP contribution in [-0.2, 0) is 19.9 Å². The Hall–Kier alpha value is -3.63. The molecule has 1 aromatic carbocycles. The lowest BCUT2D eigenvalue weighted by Gasteiger charge is -2.18. The molecule has 0 radical (unpaired) electrons. The summed E-state index contributed by atoms with van der Waals surface area (Å²) in [6, 6.07) is 9.37. The highest BCUT2D eigenvalue weighted by Gasteiger charge is 2.51. The summed E-state index contributed by atoms with van der Waals surface area (Å²) in [7, 11) is 1.23. The molecule has 0 saturated carbocycles. The number of rotatable bonds is 6. The number of ether oxygens (including phenoxy) is 1. The molecule has 1 aliphatic heterocycles. The Kier molecular flexibility index (Phi) is 5.96. The molecule has 170 valence electrons. The van der Waals surface area contributed by atoms with Crippen molar-refractivity contribution in [2.45, 2.75) is 12.5 Å². The predicted octanol–water partition coefficient (Wildman–Crippen LogP) is 3.85. The number of hydrogen-bond acceptors (Lipinski definition) is 7. The highest BCUT2D eigenvalue weighted by atomic mass is 35.5. The number of carbonyl (C=O) groups is 4. The number of methoxy groups -OCH3 is 1. The van der Waals surface area contributed by atoms with Crippen molar-refractivity contribution in [3.8, 4) is 11.1 Å². The van der Waals surface area contributed by atoms with Crippen LogP contribution in [0.1, 0.15) is 23.0 Å². The third-order valence-corrected chi connectivity index (χ3v) is 6.41. The SMILES string of the molecule is COC(=O)c1c(-c2ccccc2Cl)csc1NC(=O)CN1C(=O)NC(C)(c2ccco2)C1=O. The molecule has 3 aromatic rings. The van der Waals surface area contributed by atoms with Gasteiger partial charge in [0.15, 0.2) is 5.54 Å². The van der Waals surface area contributed by atoms with Crippen LogP contribution in [0.25, 0.3) is 11.1 Å². The number of esters is 1. The maximum atomic E-state index is 12.9. The van der Waals surface area contributed by atoms with Gasteiger partial charge in [-0.25, -0.2) is 9.59 Å². The highest BCUT2D eigenvalue weighted by Crippen LogP contribution is 2.39. The summed E-state index contributed by atoms with van der Waals surface area (Å²) in [6.45, 7) is 0.940. The highest BCUT2D eigenvalue weighted by molar-refractivity contribution is 7.15. The Bertz CT molecular complexity index is 1250. The van der Waals surface area contributed by atoms with E-state index < -0.39 is 35.9 Å². The molecule has 11 heteroatoms. The molecular formula is C22H18ClN3O6S. The van der Waals surface area contributed by atoms with Gasteiger partial charge >= 0.3 is 12.0 Å². The lowest BCUT2D eigenvalue weighted by Crippen LogP contribution is -2.41. The minimum absolute atomic E-state index is 0.126. The zero-order chi connectivity index (χ0) is 23.8. The van der Waals surface area contributed by atoms with Gasteiger partial charge < -0.3 is 19.8 Å². The van der Waals surface area contributed by atoms with Crippen molar-refractivity contribution >= 4 is 51.8 Å². The van der Waals surface area contributed by atoms with Gasteiger partial charge in [-0.3, -0.25) is 14.5 Å². The molecule has 0 spiro atoms. The summed E-state index contributed by atoms with van der Waals surface area (Å²) in [5.41, 5.74) is -0.201. The fourth-order valence-corrected chi connectivity index (χ4v) is 4.71. The van der Waals surface area contributed by atoms with E-state index >= 15 is 0 Å². The second-order valence-corrected chi connectivity index (χ2v) is 8.58. The van der Waals surface area contributed by atoms with Crippen LogP contribution in [0.15, 0.2) is 52.5 Å². The smallest absolute Gasteiger partial charge is 0.341 e. The fourth-order valence-electron chi connectivity index (χ4n) is 3.51. The van der Waals surface area contributed by atoms with Crippen LogP contribution in [0.3, 0.4) is 0 Å². The zero-order valence-corrected chi connectivity index (χ0v) is 19.1. The molecule has 4 amide bonds. The first-order valence-electron chi connectivity index (χ1n) is 9.69. The molecule has 33 heavy (non-hydrogen) atoms. The first-order valence-corrected chi connectivity index (χ1v) is 10.9. The first-order chi connectivity index (χ1) is 15.8. The summed E-state index contributed by atoms with van der Waals surface area (Å²) >= 11 is 7.38. The number of anilines is 1. The average molecular weight is 488 g/mol. The van der Waals surface area contributed by atoms with Crippen molar-refractivity contribution in [2.75, 3.05) is 19.0 Å². The molecule has 3 heterocycles. The standard InChI is InChI=1S/C22H18ClN3O6S/c1-22(15-8-5-9-32-15)20(29)26(21(30)25-22)10-16(27)24-18-17(19(28)31-2)13(11-33-18)12-6-3-4-7-14(12)23/h3-9,11H,10H2,1-2H3,(H,24,27)(H,25,30). The van der Waals surface area contributed by atoms with Gasteiger partial charge in [0.25, 0.3) is 5.91 Å². The molecule has 2 N–H and O–H groups in total. The number of furan rings is 1. The van der Waals surface area contributed by atoms with Gasteiger partial charge in [0, 0.05) is 21.5 Å². The van der Waals surface area contributed by atoms with E-state index in [0.29, 0.717) is 16.1 Å². The lowest BCUT2D eigenvalue weighted by molar-refractivity contribution is -0.134. The summed E-state index contributed by atoms with van der Waals surface area (Å²) in [5.74, 6) is -1.71. The van der Waals surface area contributed by atoms with E-state index in [4.69, 9.17) is 20.8 Å². The molecular weight excluding hydrogens is 470 g/mol. The molecule has 2 aromatic heterocycles. The van der Waals surface area contributed by atoms with E-state index in [1.807, 2.05) is 0 Å². The molecule has 1 fully saturated rings. The van der Waals surface area contributed by atoms with Gasteiger partial charge in [0.1, 0.15) is 22.9 Å². The van der Waals surface area contributed by atoms with Crippen LogP contribution in [0.4, 0.5) is 9.80 Å². The van der Waals surface area contributed by atoms with Crippen LogP contribution in [0, 0.1) is 0 Å². The Morgan fingerprint density at radius 1 is 1.21 bits per heavy atom. The minimum atomic E-state index is -1.42. The topological polar surface area (TPSA) is 118 Å². The van der Waals surface area contributed by atoms with Gasteiger partial charge in [0.05, 0.1) is 13.4 Å². The molecule has 0 bridgehead atoms. The Morgan fingerprint density at radius 3 is 2.64 bits per heavy atom. The predicted molar refractivity (Wildman–Crippen MR) is 121 cm³/mol. The Morgan fingerprint density at radius 2 is 1.97 bits per heavy atom. The van der Waals surface area contributed by atoms with E-state index in [9.17, 15) is 19.2 Å². The van der Waals surface area contributed by atoms with Crippen molar-refractivity contribution in [1.29, 1.82) is 0 Å². The molecule has 0 aliphatic carbocycles. The van der Waals surface area contributed by atoms with Gasteiger partial charge in [-0.15, -0.1) is 11.3 Å². The number of carbonyl (C=O) groups excluding carboxylic acids is 4. The summed E-state index contributed by atoms with van der Waals surface area (Å²) in [4.78, 5) is 51.3. The zero-order valence-electron chi connectivity index (χ0n) is 17.5. The second kappa shape index (κ2) is 8.72. The quantitative estimate of drug-likeness (QED) is 0.402. The van der Waals surface area contributed by atoms with Crippen molar-refractivity contribution in [3.63, 3.8) is 0 Å². The number of halogens is 1. The molecule has 1 aliphatic rings. The molecule has 4 rings (SSSR count). The number of urea groups is 1. The summed E-state index contributed by atoms with van der Waals surface area (Å²) < 4.78 is 10.2. The Balaban J connectivity index is 1.57. The van der Waals surface area contributed by atoms with Gasteiger partial charge in [0.2, 0.25) is 5.91 Å². The number of imide groups is 1. The van der Waals surface area contributed by atoms with E-state index in [-0.39, 0.29) is 16.3 Å². The molecule has 1 unspecified atom stereocenters. The summed E-state index contributed by atoms with van der Waals surface area (Å²) in [6.07, 6.45) is 1.39. The largest absolute Gasteiger partial charge is 0.466 e. The van der Waals surface area contributed by atoms with Crippen molar-refractivity contribution in [1.82, 2.24) is 10.2 Å².